The van der Waals surface area contributed by atoms with Crippen LogP contribution in [-0.2, 0) is 0 Å². The van der Waals surface area contributed by atoms with Crippen LogP contribution in [-0.4, -0.2) is 64.6 Å². The summed E-state index contributed by atoms with van der Waals surface area (Å²) >= 11 is 0. The second-order valence-electron chi connectivity index (χ2n) is 9.18. The summed E-state index contributed by atoms with van der Waals surface area (Å²) in [5, 5.41) is 18.5. The Bertz CT molecular complexity index is 1300. The number of para-hydroxylation sites is 1. The van der Waals surface area contributed by atoms with Gasteiger partial charge in [0.2, 0.25) is 5.82 Å². The highest BCUT2D eigenvalue weighted by molar-refractivity contribution is 5.92. The van der Waals surface area contributed by atoms with Gasteiger partial charge in [0.1, 0.15) is 5.69 Å². The van der Waals surface area contributed by atoms with Crippen molar-refractivity contribution in [3.8, 4) is 11.5 Å². The Morgan fingerprint density at radius 2 is 1.94 bits per heavy atom. The summed E-state index contributed by atoms with van der Waals surface area (Å²) in [6, 6.07) is 10.6. The van der Waals surface area contributed by atoms with Gasteiger partial charge < -0.3 is 15.1 Å². The van der Waals surface area contributed by atoms with Gasteiger partial charge in [-0.25, -0.2) is 4.98 Å². The lowest BCUT2D eigenvalue weighted by Gasteiger charge is -2.30. The number of hydrogen-bond donors (Lipinski definition) is 1. The number of piperazine rings is 1. The van der Waals surface area contributed by atoms with Gasteiger partial charge >= 0.3 is 0 Å². The third kappa shape index (κ3) is 3.58. The molecule has 6 rings (SSSR count). The molecule has 0 bridgehead atoms. The van der Waals surface area contributed by atoms with Gasteiger partial charge in [-0.15, -0.1) is 10.2 Å². The molecule has 1 saturated carbocycles. The van der Waals surface area contributed by atoms with E-state index >= 15 is 0 Å². The molecule has 0 atom stereocenters. The monoisotopic (exact) mass is 442 g/mol. The van der Waals surface area contributed by atoms with Crippen LogP contribution in [0.15, 0.2) is 36.5 Å². The number of fused-ring (bicyclic) bond motifs is 2. The first-order chi connectivity index (χ1) is 16.2. The van der Waals surface area contributed by atoms with E-state index in [1.54, 1.807) is 0 Å². The zero-order chi connectivity index (χ0) is 22.4. The van der Waals surface area contributed by atoms with Crippen LogP contribution in [0, 0.1) is 0 Å². The molecular weight excluding hydrogens is 412 g/mol. The van der Waals surface area contributed by atoms with Crippen molar-refractivity contribution in [2.75, 3.05) is 49.6 Å². The fourth-order valence-electron chi connectivity index (χ4n) is 4.95. The topological polar surface area (TPSA) is 74.5 Å². The molecule has 1 aliphatic carbocycles. The van der Waals surface area contributed by atoms with Gasteiger partial charge in [-0.2, -0.15) is 9.61 Å². The summed E-state index contributed by atoms with van der Waals surface area (Å²) in [5.41, 5.74) is 6.32. The first-order valence-corrected chi connectivity index (χ1v) is 12.1. The predicted octanol–water partition coefficient (Wildman–Crippen LogP) is 3.47. The highest BCUT2D eigenvalue weighted by atomic mass is 15.4. The van der Waals surface area contributed by atoms with E-state index in [0.29, 0.717) is 11.7 Å². The molecule has 1 N–H and O–H groups in total. The van der Waals surface area contributed by atoms with Crippen LogP contribution in [0.1, 0.15) is 37.7 Å². The van der Waals surface area contributed by atoms with E-state index in [-0.39, 0.29) is 0 Å². The minimum absolute atomic E-state index is 0.547. The second-order valence-corrected chi connectivity index (χ2v) is 9.18. The second kappa shape index (κ2) is 8.26. The van der Waals surface area contributed by atoms with Crippen molar-refractivity contribution in [1.82, 2.24) is 30.1 Å². The fourth-order valence-corrected chi connectivity index (χ4v) is 4.95. The number of rotatable bonds is 6. The Labute approximate surface area is 193 Å². The van der Waals surface area contributed by atoms with E-state index in [4.69, 9.17) is 10.1 Å². The van der Waals surface area contributed by atoms with E-state index in [9.17, 15) is 0 Å². The average Bonchev–Trinajstić information content (AvgIpc) is 3.61. The summed E-state index contributed by atoms with van der Waals surface area (Å²) in [6.45, 7) is 7.16. The van der Waals surface area contributed by atoms with Crippen LogP contribution in [0.2, 0.25) is 0 Å². The Morgan fingerprint density at radius 3 is 2.73 bits per heavy atom. The van der Waals surface area contributed by atoms with E-state index < -0.39 is 0 Å². The van der Waals surface area contributed by atoms with Crippen LogP contribution >= 0.6 is 0 Å². The molecule has 2 aliphatic rings. The highest BCUT2D eigenvalue weighted by Gasteiger charge is 2.32. The standard InChI is InChI=1S/C25H30N8/c1-3-13-31(2)21-16-27-33-24(29-30-25(33)22(21)17-7-8-17)19-10-9-18-5-4-6-20(23(18)28-19)32-14-11-26-12-15-32/h4-6,9-10,16-17,26H,3,7-8,11-15H2,1-2H3. The van der Waals surface area contributed by atoms with Crippen LogP contribution in [0.3, 0.4) is 0 Å². The van der Waals surface area contributed by atoms with Gasteiger partial charge in [0, 0.05) is 50.7 Å². The molecule has 0 amide bonds. The van der Waals surface area contributed by atoms with E-state index in [1.807, 2.05) is 16.8 Å². The summed E-state index contributed by atoms with van der Waals surface area (Å²) in [6.07, 6.45) is 5.49. The minimum atomic E-state index is 0.547. The summed E-state index contributed by atoms with van der Waals surface area (Å²) in [5.74, 6) is 1.25. The van der Waals surface area contributed by atoms with Gasteiger partial charge in [0.25, 0.3) is 0 Å². The van der Waals surface area contributed by atoms with Crippen molar-refractivity contribution < 1.29 is 0 Å². The SMILES string of the molecule is CCCN(C)c1cnn2c(-c3ccc4cccc(N5CCNCC5)c4n3)nnc2c1C1CC1. The quantitative estimate of drug-likeness (QED) is 0.490. The maximum atomic E-state index is 5.08. The first-order valence-electron chi connectivity index (χ1n) is 12.1. The lowest BCUT2D eigenvalue weighted by atomic mass is 10.1. The van der Waals surface area contributed by atoms with Gasteiger partial charge in [0.15, 0.2) is 5.65 Å². The molecule has 0 unspecified atom stereocenters. The van der Waals surface area contributed by atoms with Crippen molar-refractivity contribution in [1.29, 1.82) is 0 Å². The Hall–Kier alpha value is -3.26. The zero-order valence-corrected chi connectivity index (χ0v) is 19.3. The van der Waals surface area contributed by atoms with Crippen molar-refractivity contribution >= 4 is 27.9 Å². The number of anilines is 2. The molecule has 170 valence electrons. The third-order valence-electron chi connectivity index (χ3n) is 6.79. The summed E-state index contributed by atoms with van der Waals surface area (Å²) < 4.78 is 1.89. The lowest BCUT2D eigenvalue weighted by Crippen LogP contribution is -2.43. The highest BCUT2D eigenvalue weighted by Crippen LogP contribution is 2.46. The molecule has 1 saturated heterocycles. The molecule has 33 heavy (non-hydrogen) atoms. The molecule has 3 aromatic heterocycles. The summed E-state index contributed by atoms with van der Waals surface area (Å²) in [7, 11) is 2.14. The van der Waals surface area contributed by atoms with Crippen LogP contribution < -0.4 is 15.1 Å². The van der Waals surface area contributed by atoms with Gasteiger partial charge in [-0.1, -0.05) is 25.1 Å². The number of benzene rings is 1. The number of nitrogens with zero attached hydrogens (tertiary/aromatic N) is 7. The van der Waals surface area contributed by atoms with Crippen molar-refractivity contribution in [2.24, 2.45) is 0 Å². The minimum Gasteiger partial charge on any atom is -0.373 e. The van der Waals surface area contributed by atoms with Crippen LogP contribution in [0.25, 0.3) is 28.1 Å². The molecule has 1 aliphatic heterocycles. The maximum Gasteiger partial charge on any atom is 0.203 e. The number of nitrogens with one attached hydrogen (secondary N) is 1. The molecule has 0 spiro atoms. The molecule has 8 nitrogen and oxygen atoms in total. The maximum absolute atomic E-state index is 5.08. The predicted molar refractivity (Wildman–Crippen MR) is 132 cm³/mol. The molecule has 0 radical (unpaired) electrons. The van der Waals surface area contributed by atoms with Gasteiger partial charge in [-0.05, 0) is 37.3 Å². The Balaban J connectivity index is 1.47. The molecule has 8 heteroatoms. The normalized spacial score (nSPS) is 16.6. The molecule has 4 heterocycles. The average molecular weight is 443 g/mol. The first kappa shape index (κ1) is 20.4. The lowest BCUT2D eigenvalue weighted by molar-refractivity contribution is 0.590. The van der Waals surface area contributed by atoms with E-state index in [1.165, 1.54) is 29.8 Å². The van der Waals surface area contributed by atoms with Crippen molar-refractivity contribution in [2.45, 2.75) is 32.1 Å². The molecule has 1 aromatic carbocycles. The molecule has 2 fully saturated rings. The number of hydrogen-bond acceptors (Lipinski definition) is 7. The Morgan fingerprint density at radius 1 is 1.09 bits per heavy atom. The van der Waals surface area contributed by atoms with E-state index in [2.05, 4.69) is 63.6 Å². The number of aromatic nitrogens is 5. The number of pyridine rings is 1. The van der Waals surface area contributed by atoms with Crippen molar-refractivity contribution in [3.63, 3.8) is 0 Å². The van der Waals surface area contributed by atoms with Crippen LogP contribution in [0.4, 0.5) is 11.4 Å². The van der Waals surface area contributed by atoms with Gasteiger partial charge in [-0.3, -0.25) is 0 Å². The smallest absolute Gasteiger partial charge is 0.203 e. The fraction of sp³-hybridized carbons (Fsp3) is 0.440. The van der Waals surface area contributed by atoms with Gasteiger partial charge in [0.05, 0.1) is 23.1 Å². The molecule has 4 aromatic rings. The molecular formula is C25H30N8. The van der Waals surface area contributed by atoms with Crippen molar-refractivity contribution in [3.05, 3.63) is 42.1 Å². The Kier molecular flexibility index (Phi) is 5.10. The third-order valence-corrected chi connectivity index (χ3v) is 6.79. The summed E-state index contributed by atoms with van der Waals surface area (Å²) in [4.78, 5) is 9.79. The zero-order valence-electron chi connectivity index (χ0n) is 19.3. The van der Waals surface area contributed by atoms with Crippen LogP contribution in [0.5, 0.6) is 0 Å². The van der Waals surface area contributed by atoms with E-state index in [0.717, 1.165) is 61.4 Å². The largest absolute Gasteiger partial charge is 0.373 e.